The normalized spacial score (nSPS) is 22.4. The molecule has 6 nitrogen and oxygen atoms in total. The van der Waals surface area contributed by atoms with Crippen LogP contribution >= 0.6 is 0 Å². The van der Waals surface area contributed by atoms with Gasteiger partial charge in [0.2, 0.25) is 17.4 Å². The summed E-state index contributed by atoms with van der Waals surface area (Å²) in [5, 5.41) is 0. The van der Waals surface area contributed by atoms with Crippen LogP contribution in [0.3, 0.4) is 0 Å². The largest absolute Gasteiger partial charge is 0.460 e. The third kappa shape index (κ3) is 3.67. The highest BCUT2D eigenvalue weighted by atomic mass is 32.2. The second-order valence-corrected chi connectivity index (χ2v) is 6.37. The van der Waals surface area contributed by atoms with Crippen LogP contribution in [-0.4, -0.2) is 14.2 Å². The number of Topliss-reactive ketones (excluding diaryl/α,β-unsaturated/α-hetero) is 1. The Balaban J connectivity index is 1.95. The summed E-state index contributed by atoms with van der Waals surface area (Å²) in [6.45, 7) is 0. The third-order valence-electron chi connectivity index (χ3n) is 3.24. The zero-order valence-electron chi connectivity index (χ0n) is 15.9. The van der Waals surface area contributed by atoms with Gasteiger partial charge in [0.05, 0.1) is 4.11 Å². The Kier molecular flexibility index (Phi) is 3.70. The van der Waals surface area contributed by atoms with Crippen LogP contribution in [0.2, 0.25) is 0 Å². The van der Waals surface area contributed by atoms with Gasteiger partial charge in [-0.15, -0.1) is 0 Å². The minimum absolute atomic E-state index is 0.275. The van der Waals surface area contributed by atoms with Gasteiger partial charge in [-0.2, -0.15) is 8.42 Å². The topological polar surface area (TPSA) is 95.7 Å². The monoisotopic (exact) mass is 384 g/mol. The van der Waals surface area contributed by atoms with Crippen molar-refractivity contribution in [3.05, 3.63) is 82.9 Å². The number of carbonyl (C=O) groups is 1. The first kappa shape index (κ1) is 14.3. The maximum absolute atomic E-state index is 13.5. The molecule has 0 fully saturated rings. The van der Waals surface area contributed by atoms with Gasteiger partial charge in [0, 0.05) is 5.56 Å². The minimum atomic E-state index is -5.13. The van der Waals surface area contributed by atoms with E-state index in [1.165, 1.54) is 30.3 Å². The number of halogens is 2. The molecule has 1 aliphatic heterocycles. The lowest BCUT2D eigenvalue weighted by Crippen LogP contribution is -2.16. The molecule has 0 saturated heterocycles. The maximum Gasteiger partial charge on any atom is 0.313 e. The van der Waals surface area contributed by atoms with Crippen LogP contribution < -0.4 is 5.73 Å². The summed E-state index contributed by atoms with van der Waals surface area (Å²) in [5.74, 6) is -6.08. The number of hydrogen-bond acceptors (Lipinski definition) is 6. The van der Waals surface area contributed by atoms with E-state index in [1.54, 1.807) is 0 Å². The van der Waals surface area contributed by atoms with E-state index in [2.05, 4.69) is 4.18 Å². The zero-order chi connectivity index (χ0) is 21.6. The van der Waals surface area contributed by atoms with Crippen molar-refractivity contribution in [2.75, 3.05) is 0 Å². The summed E-state index contributed by atoms with van der Waals surface area (Å²) in [5.41, 5.74) is 1.66. The van der Waals surface area contributed by atoms with E-state index in [9.17, 15) is 22.0 Å². The first-order chi connectivity index (χ1) is 13.4. The van der Waals surface area contributed by atoms with E-state index in [4.69, 9.17) is 14.6 Å². The lowest BCUT2D eigenvalue weighted by molar-refractivity contribution is -0.123. The Morgan fingerprint density at radius 2 is 1.88 bits per heavy atom. The maximum atomic E-state index is 13.5. The number of ketones is 1. The average molecular weight is 384 g/mol. The Morgan fingerprint density at radius 3 is 2.54 bits per heavy atom. The molecular formula is C17H13F2NO5S. The Bertz CT molecular complexity index is 1130. The van der Waals surface area contributed by atoms with Crippen LogP contribution in [0.25, 0.3) is 0 Å². The minimum Gasteiger partial charge on any atom is -0.460 e. The molecule has 2 N–H and O–H groups in total. The Labute approximate surface area is 152 Å². The lowest BCUT2D eigenvalue weighted by Gasteiger charge is -2.10. The first-order valence-electron chi connectivity index (χ1n) is 8.59. The van der Waals surface area contributed by atoms with Crippen molar-refractivity contribution in [2.45, 2.75) is 11.8 Å². The number of carbonyl (C=O) groups excluding carboxylic acids is 1. The molecule has 1 heterocycles. The van der Waals surface area contributed by atoms with Gasteiger partial charge >= 0.3 is 10.1 Å². The smallest absolute Gasteiger partial charge is 0.313 e. The number of ether oxygens (including phenoxy) is 1. The van der Waals surface area contributed by atoms with Crippen molar-refractivity contribution in [3.63, 3.8) is 0 Å². The number of rotatable bonds is 5. The number of benzene rings is 2. The highest BCUT2D eigenvalue weighted by Gasteiger charge is 2.39. The molecule has 2 aromatic carbocycles. The van der Waals surface area contributed by atoms with Gasteiger partial charge in [0.1, 0.15) is 5.70 Å². The highest BCUT2D eigenvalue weighted by molar-refractivity contribution is 7.86. The van der Waals surface area contributed by atoms with Crippen molar-refractivity contribution in [2.24, 2.45) is 5.73 Å². The molecule has 9 heteroatoms. The van der Waals surface area contributed by atoms with Crippen LogP contribution in [0.5, 0.6) is 0 Å². The zero-order valence-corrected chi connectivity index (χ0v) is 13.7. The molecule has 0 aromatic heterocycles. The summed E-state index contributed by atoms with van der Waals surface area (Å²) < 4.78 is 85.0. The molecule has 3 rings (SSSR count). The summed E-state index contributed by atoms with van der Waals surface area (Å²) >= 11 is 0. The van der Waals surface area contributed by atoms with E-state index < -0.39 is 56.5 Å². The van der Waals surface area contributed by atoms with Crippen LogP contribution in [0, 0.1) is 11.6 Å². The van der Waals surface area contributed by atoms with Crippen molar-refractivity contribution in [1.82, 2.24) is 0 Å². The van der Waals surface area contributed by atoms with E-state index >= 15 is 0 Å². The summed E-state index contributed by atoms with van der Waals surface area (Å²) in [4.78, 5) is 12.6. The van der Waals surface area contributed by atoms with Gasteiger partial charge in [0.25, 0.3) is 0 Å². The number of nitrogens with two attached hydrogens (primary N) is 1. The van der Waals surface area contributed by atoms with E-state index in [0.29, 0.717) is 12.1 Å². The summed E-state index contributed by atoms with van der Waals surface area (Å²) in [7, 11) is -5.13. The molecule has 0 radical (unpaired) electrons. The van der Waals surface area contributed by atoms with E-state index in [0.717, 1.165) is 6.07 Å². The SMILES string of the molecule is [2H]C([2H])(c1ccccc1)S(=O)(=O)OC1=C(N)O[C@@]([2H])(c2ccc(F)c(F)c2)C1=O. The lowest BCUT2D eigenvalue weighted by atomic mass is 10.1. The molecule has 26 heavy (non-hydrogen) atoms. The second kappa shape index (κ2) is 6.75. The molecule has 0 bridgehead atoms. The predicted molar refractivity (Wildman–Crippen MR) is 86.6 cm³/mol. The van der Waals surface area contributed by atoms with Crippen molar-refractivity contribution in [3.8, 4) is 0 Å². The Hall–Kier alpha value is -2.94. The van der Waals surface area contributed by atoms with Gasteiger partial charge in [-0.25, -0.2) is 8.78 Å². The molecule has 0 aliphatic carbocycles. The van der Waals surface area contributed by atoms with Crippen LogP contribution in [0.1, 0.15) is 21.3 Å². The molecule has 2 aromatic rings. The molecule has 0 spiro atoms. The van der Waals surface area contributed by atoms with Gasteiger partial charge in [-0.1, -0.05) is 36.4 Å². The highest BCUT2D eigenvalue weighted by Crippen LogP contribution is 2.33. The summed E-state index contributed by atoms with van der Waals surface area (Å²) in [6, 6.07) is 8.79. The fraction of sp³-hybridized carbons (Fsp3) is 0.118. The van der Waals surface area contributed by atoms with Gasteiger partial charge in [-0.3, -0.25) is 4.79 Å². The van der Waals surface area contributed by atoms with Gasteiger partial charge in [0.15, 0.2) is 17.7 Å². The second-order valence-electron chi connectivity index (χ2n) is 5.09. The molecule has 1 aliphatic rings. The van der Waals surface area contributed by atoms with Gasteiger partial charge < -0.3 is 14.7 Å². The van der Waals surface area contributed by atoms with Crippen LogP contribution in [-0.2, 0) is 29.5 Å². The summed E-state index contributed by atoms with van der Waals surface area (Å²) in [6.07, 6.45) is -2.73. The third-order valence-corrected chi connectivity index (χ3v) is 4.11. The molecule has 0 saturated carbocycles. The molecule has 136 valence electrons. The first-order valence-corrected chi connectivity index (χ1v) is 8.49. The Morgan fingerprint density at radius 1 is 1.19 bits per heavy atom. The molecule has 1 atom stereocenters. The fourth-order valence-corrected chi connectivity index (χ4v) is 2.95. The van der Waals surface area contributed by atoms with Crippen molar-refractivity contribution < 1.29 is 35.0 Å². The molecule has 0 unspecified atom stereocenters. The fourth-order valence-electron chi connectivity index (χ4n) is 2.11. The van der Waals surface area contributed by atoms with Crippen molar-refractivity contribution >= 4 is 15.9 Å². The van der Waals surface area contributed by atoms with E-state index in [1.807, 2.05) is 0 Å². The average Bonchev–Trinajstić information content (AvgIpc) is 2.88. The standard InChI is InChI=1S/C17H13F2NO5S/c18-12-7-6-11(8-13(12)19)15-14(21)16(17(20)24-15)25-26(22,23)9-10-4-2-1-3-5-10/h1-8,15H,9,20H2/t15-/m0/s1/i9D2,15D. The predicted octanol–water partition coefficient (Wildman–Crippen LogP) is 2.28. The van der Waals surface area contributed by atoms with Crippen molar-refractivity contribution in [1.29, 1.82) is 0 Å². The van der Waals surface area contributed by atoms with E-state index in [-0.39, 0.29) is 5.56 Å². The van der Waals surface area contributed by atoms with Crippen LogP contribution in [0.15, 0.2) is 60.2 Å². The number of hydrogen-bond donors (Lipinski definition) is 1. The quantitative estimate of drug-likeness (QED) is 0.795. The van der Waals surface area contributed by atoms with Gasteiger partial charge in [-0.05, 0) is 17.7 Å². The molecular weight excluding hydrogens is 368 g/mol. The van der Waals surface area contributed by atoms with Crippen LogP contribution in [0.4, 0.5) is 8.78 Å². The molecule has 0 amide bonds.